The minimum atomic E-state index is 0.436. The zero-order valence-electron chi connectivity index (χ0n) is 10.8. The summed E-state index contributed by atoms with van der Waals surface area (Å²) < 4.78 is 2.07. The van der Waals surface area contributed by atoms with Crippen LogP contribution in [-0.4, -0.2) is 14.8 Å². The van der Waals surface area contributed by atoms with Crippen molar-refractivity contribution in [1.29, 1.82) is 0 Å². The van der Waals surface area contributed by atoms with Crippen molar-refractivity contribution >= 4 is 11.8 Å². The van der Waals surface area contributed by atoms with Crippen LogP contribution < -0.4 is 5.73 Å². The summed E-state index contributed by atoms with van der Waals surface area (Å²) in [5.41, 5.74) is 8.21. The molecular formula is C13H18N4S. The van der Waals surface area contributed by atoms with Gasteiger partial charge in [0, 0.05) is 12.3 Å². The lowest BCUT2D eigenvalue weighted by Gasteiger charge is -2.06. The van der Waals surface area contributed by atoms with Gasteiger partial charge in [0.15, 0.2) is 5.16 Å². The first-order valence-electron chi connectivity index (χ1n) is 6.05. The van der Waals surface area contributed by atoms with Crippen molar-refractivity contribution in [3.8, 4) is 0 Å². The van der Waals surface area contributed by atoms with Gasteiger partial charge in [0.2, 0.25) is 0 Å². The third-order valence-electron chi connectivity index (χ3n) is 2.78. The van der Waals surface area contributed by atoms with Crippen LogP contribution in [0.5, 0.6) is 0 Å². The topological polar surface area (TPSA) is 56.7 Å². The van der Waals surface area contributed by atoms with E-state index in [-0.39, 0.29) is 0 Å². The van der Waals surface area contributed by atoms with Crippen molar-refractivity contribution in [2.75, 3.05) is 0 Å². The van der Waals surface area contributed by atoms with Crippen LogP contribution in [0.1, 0.15) is 23.9 Å². The minimum absolute atomic E-state index is 0.436. The summed E-state index contributed by atoms with van der Waals surface area (Å²) in [5.74, 6) is 1.76. The van der Waals surface area contributed by atoms with Crippen LogP contribution in [0, 0.1) is 6.92 Å². The molecule has 2 N–H and O–H groups in total. The predicted octanol–water partition coefficient (Wildman–Crippen LogP) is 2.36. The molecule has 0 saturated carbocycles. The highest BCUT2D eigenvalue weighted by Gasteiger charge is 2.09. The molecule has 18 heavy (non-hydrogen) atoms. The Hall–Kier alpha value is -1.33. The first-order chi connectivity index (χ1) is 8.74. The fourth-order valence-electron chi connectivity index (χ4n) is 1.73. The second-order valence-corrected chi connectivity index (χ2v) is 5.06. The first-order valence-corrected chi connectivity index (χ1v) is 7.03. The number of nitrogens with two attached hydrogens (primary N) is 1. The van der Waals surface area contributed by atoms with E-state index >= 15 is 0 Å². The van der Waals surface area contributed by atoms with Gasteiger partial charge in [-0.05, 0) is 19.4 Å². The molecular weight excluding hydrogens is 244 g/mol. The number of rotatable bonds is 5. The maximum absolute atomic E-state index is 5.63. The van der Waals surface area contributed by atoms with E-state index < -0.39 is 0 Å². The fraction of sp³-hybridized carbons (Fsp3) is 0.385. The zero-order valence-corrected chi connectivity index (χ0v) is 11.6. The van der Waals surface area contributed by atoms with Gasteiger partial charge in [-0.3, -0.25) is 0 Å². The molecule has 0 saturated heterocycles. The highest BCUT2D eigenvalue weighted by Crippen LogP contribution is 2.22. The number of benzene rings is 1. The number of thioether (sulfide) groups is 1. The highest BCUT2D eigenvalue weighted by atomic mass is 32.2. The quantitative estimate of drug-likeness (QED) is 0.840. The molecule has 0 aliphatic rings. The maximum atomic E-state index is 5.63. The summed E-state index contributed by atoms with van der Waals surface area (Å²) in [6, 6.07) is 8.56. The van der Waals surface area contributed by atoms with Crippen LogP contribution >= 0.6 is 11.8 Å². The van der Waals surface area contributed by atoms with E-state index in [1.54, 1.807) is 11.8 Å². The molecule has 5 heteroatoms. The van der Waals surface area contributed by atoms with Gasteiger partial charge in [-0.25, -0.2) is 0 Å². The van der Waals surface area contributed by atoms with E-state index in [9.17, 15) is 0 Å². The molecule has 0 amide bonds. The van der Waals surface area contributed by atoms with Crippen molar-refractivity contribution in [3.63, 3.8) is 0 Å². The lowest BCUT2D eigenvalue weighted by molar-refractivity contribution is 0.643. The van der Waals surface area contributed by atoms with E-state index in [4.69, 9.17) is 5.73 Å². The predicted molar refractivity (Wildman–Crippen MR) is 74.3 cm³/mol. The van der Waals surface area contributed by atoms with E-state index in [2.05, 4.69) is 52.9 Å². The van der Waals surface area contributed by atoms with Crippen molar-refractivity contribution in [3.05, 3.63) is 41.2 Å². The molecule has 2 rings (SSSR count). The Balaban J connectivity index is 2.06. The number of nitrogens with zero attached hydrogens (tertiary/aromatic N) is 3. The second-order valence-electron chi connectivity index (χ2n) is 4.12. The Labute approximate surface area is 112 Å². The lowest BCUT2D eigenvalue weighted by atomic mass is 10.2. The molecule has 0 aliphatic heterocycles. The molecule has 0 atom stereocenters. The average Bonchev–Trinajstić information content (AvgIpc) is 2.80. The van der Waals surface area contributed by atoms with Crippen molar-refractivity contribution in [2.24, 2.45) is 5.73 Å². The second kappa shape index (κ2) is 6.02. The Morgan fingerprint density at radius 1 is 1.22 bits per heavy atom. The fourth-order valence-corrected chi connectivity index (χ4v) is 2.70. The van der Waals surface area contributed by atoms with Gasteiger partial charge in [0.05, 0.1) is 6.54 Å². The molecule has 0 bridgehead atoms. The van der Waals surface area contributed by atoms with Crippen LogP contribution in [0.2, 0.25) is 0 Å². The number of aromatic nitrogens is 3. The summed E-state index contributed by atoms with van der Waals surface area (Å²) in [7, 11) is 0. The van der Waals surface area contributed by atoms with E-state index in [0.717, 1.165) is 23.3 Å². The van der Waals surface area contributed by atoms with Gasteiger partial charge >= 0.3 is 0 Å². The van der Waals surface area contributed by atoms with E-state index in [1.807, 2.05) is 0 Å². The van der Waals surface area contributed by atoms with Crippen molar-refractivity contribution in [1.82, 2.24) is 14.8 Å². The van der Waals surface area contributed by atoms with Gasteiger partial charge in [-0.2, -0.15) is 0 Å². The van der Waals surface area contributed by atoms with Crippen molar-refractivity contribution < 1.29 is 0 Å². The first kappa shape index (κ1) is 13.1. The molecule has 4 nitrogen and oxygen atoms in total. The zero-order chi connectivity index (χ0) is 13.0. The largest absolute Gasteiger partial charge is 0.324 e. The van der Waals surface area contributed by atoms with Gasteiger partial charge in [-0.1, -0.05) is 41.6 Å². The summed E-state index contributed by atoms with van der Waals surface area (Å²) in [4.78, 5) is 0. The molecule has 1 aromatic heterocycles. The number of aryl methyl sites for hydroxylation is 1. The van der Waals surface area contributed by atoms with Crippen LogP contribution in [0.4, 0.5) is 0 Å². The highest BCUT2D eigenvalue weighted by molar-refractivity contribution is 7.98. The monoisotopic (exact) mass is 262 g/mol. The average molecular weight is 262 g/mol. The molecule has 2 aromatic rings. The van der Waals surface area contributed by atoms with E-state index in [0.29, 0.717) is 6.54 Å². The lowest BCUT2D eigenvalue weighted by Crippen LogP contribution is -2.08. The minimum Gasteiger partial charge on any atom is -0.324 e. The van der Waals surface area contributed by atoms with Gasteiger partial charge in [0.1, 0.15) is 5.82 Å². The maximum Gasteiger partial charge on any atom is 0.191 e. The number of hydrogen-bond acceptors (Lipinski definition) is 4. The third-order valence-corrected chi connectivity index (χ3v) is 3.82. The molecule has 0 fully saturated rings. The molecule has 1 heterocycles. The normalized spacial score (nSPS) is 10.8. The Morgan fingerprint density at radius 3 is 2.56 bits per heavy atom. The Morgan fingerprint density at radius 2 is 1.94 bits per heavy atom. The SMILES string of the molecule is CCn1c(CN)nnc1SCc1ccc(C)cc1. The number of hydrogen-bond donors (Lipinski definition) is 1. The standard InChI is InChI=1S/C13H18N4S/c1-3-17-12(8-14)15-16-13(17)18-9-11-6-4-10(2)5-7-11/h4-7H,3,8-9,14H2,1-2H3. The van der Waals surface area contributed by atoms with E-state index in [1.165, 1.54) is 11.1 Å². The van der Waals surface area contributed by atoms with Crippen LogP contribution in [0.25, 0.3) is 0 Å². The summed E-state index contributed by atoms with van der Waals surface area (Å²) in [6.07, 6.45) is 0. The Kier molecular flexibility index (Phi) is 4.38. The molecule has 96 valence electrons. The summed E-state index contributed by atoms with van der Waals surface area (Å²) in [5, 5.41) is 9.23. The third kappa shape index (κ3) is 2.91. The summed E-state index contributed by atoms with van der Waals surface area (Å²) in [6.45, 7) is 5.47. The summed E-state index contributed by atoms with van der Waals surface area (Å²) >= 11 is 1.70. The van der Waals surface area contributed by atoms with Crippen LogP contribution in [0.15, 0.2) is 29.4 Å². The van der Waals surface area contributed by atoms with Gasteiger partial charge in [0.25, 0.3) is 0 Å². The Bertz CT molecular complexity index is 504. The molecule has 0 radical (unpaired) electrons. The van der Waals surface area contributed by atoms with Gasteiger partial charge < -0.3 is 10.3 Å². The molecule has 1 aromatic carbocycles. The molecule has 0 aliphatic carbocycles. The van der Waals surface area contributed by atoms with Crippen LogP contribution in [0.3, 0.4) is 0 Å². The van der Waals surface area contributed by atoms with Crippen molar-refractivity contribution in [2.45, 2.75) is 37.8 Å². The smallest absolute Gasteiger partial charge is 0.191 e. The van der Waals surface area contributed by atoms with Gasteiger partial charge in [-0.15, -0.1) is 10.2 Å². The van der Waals surface area contributed by atoms with Crippen LogP contribution in [-0.2, 0) is 18.8 Å². The molecule has 0 unspecified atom stereocenters. The molecule has 0 spiro atoms.